The van der Waals surface area contributed by atoms with Crippen molar-refractivity contribution in [2.45, 2.75) is 18.9 Å². The zero-order valence-electron chi connectivity index (χ0n) is 11.5. The second-order valence-corrected chi connectivity index (χ2v) is 5.46. The van der Waals surface area contributed by atoms with Crippen LogP contribution >= 0.6 is 11.6 Å². The maximum Gasteiger partial charge on any atom is 0.340 e. The van der Waals surface area contributed by atoms with Crippen LogP contribution in [0, 0.1) is 10.1 Å². The third kappa shape index (κ3) is 2.67. The number of aryl methyl sites for hydroxylation is 1. The fourth-order valence-electron chi connectivity index (χ4n) is 2.62. The molecule has 0 aliphatic heterocycles. The molecule has 0 fully saturated rings. The van der Waals surface area contributed by atoms with Crippen LogP contribution in [0.4, 0.5) is 5.69 Å². The fraction of sp³-hybridized carbons (Fsp3) is 0.188. The number of rotatable bonds is 3. The Bertz CT molecular complexity index is 760. The average molecular weight is 318 g/mol. The quantitative estimate of drug-likeness (QED) is 0.485. The number of non-ortho nitro benzene ring substituents is 1. The molecule has 0 saturated carbocycles. The number of benzene rings is 2. The van der Waals surface area contributed by atoms with Crippen molar-refractivity contribution in [2.24, 2.45) is 0 Å². The first-order valence-electron chi connectivity index (χ1n) is 6.79. The summed E-state index contributed by atoms with van der Waals surface area (Å²) >= 11 is 5.95. The van der Waals surface area contributed by atoms with E-state index in [0.29, 0.717) is 0 Å². The first-order chi connectivity index (χ1) is 10.6. The zero-order valence-corrected chi connectivity index (χ0v) is 12.2. The van der Waals surface area contributed by atoms with Crippen LogP contribution in [0.1, 0.15) is 34.0 Å². The maximum absolute atomic E-state index is 12.2. The highest BCUT2D eigenvalue weighted by Gasteiger charge is 2.27. The third-order valence-corrected chi connectivity index (χ3v) is 4.02. The molecule has 2 aromatic rings. The SMILES string of the molecule is O=C(O[C@H]1CCc2ccccc21)c1ccc([N+](=O)[O-])cc1Cl. The molecule has 112 valence electrons. The Morgan fingerprint density at radius 3 is 2.77 bits per heavy atom. The molecule has 0 amide bonds. The molecule has 3 rings (SSSR count). The molecule has 1 atom stereocenters. The summed E-state index contributed by atoms with van der Waals surface area (Å²) in [5.74, 6) is -0.568. The van der Waals surface area contributed by atoms with E-state index in [0.717, 1.165) is 24.5 Å². The second-order valence-electron chi connectivity index (χ2n) is 5.05. The van der Waals surface area contributed by atoms with Gasteiger partial charge < -0.3 is 4.74 Å². The summed E-state index contributed by atoms with van der Waals surface area (Å²) in [5, 5.41) is 10.7. The number of nitro benzene ring substituents is 1. The van der Waals surface area contributed by atoms with Crippen molar-refractivity contribution >= 4 is 23.3 Å². The van der Waals surface area contributed by atoms with E-state index < -0.39 is 10.9 Å². The zero-order chi connectivity index (χ0) is 15.7. The largest absolute Gasteiger partial charge is 0.454 e. The molecule has 22 heavy (non-hydrogen) atoms. The Hall–Kier alpha value is -2.40. The number of hydrogen-bond acceptors (Lipinski definition) is 4. The van der Waals surface area contributed by atoms with Crippen molar-refractivity contribution in [2.75, 3.05) is 0 Å². The lowest BCUT2D eigenvalue weighted by Gasteiger charge is -2.14. The smallest absolute Gasteiger partial charge is 0.340 e. The summed E-state index contributed by atoms with van der Waals surface area (Å²) in [6.07, 6.45) is 1.30. The molecule has 0 spiro atoms. The molecule has 0 N–H and O–H groups in total. The van der Waals surface area contributed by atoms with E-state index in [1.807, 2.05) is 24.3 Å². The van der Waals surface area contributed by atoms with E-state index in [1.54, 1.807) is 0 Å². The molecule has 5 nitrogen and oxygen atoms in total. The van der Waals surface area contributed by atoms with E-state index in [1.165, 1.54) is 17.7 Å². The monoisotopic (exact) mass is 317 g/mol. The summed E-state index contributed by atoms with van der Waals surface area (Å²) in [6.45, 7) is 0. The van der Waals surface area contributed by atoms with Gasteiger partial charge in [-0.1, -0.05) is 35.9 Å². The second kappa shape index (κ2) is 5.77. The minimum atomic E-state index is -0.568. The van der Waals surface area contributed by atoms with Crippen LogP contribution < -0.4 is 0 Å². The van der Waals surface area contributed by atoms with E-state index >= 15 is 0 Å². The molecule has 0 unspecified atom stereocenters. The minimum absolute atomic E-state index is 0.0190. The van der Waals surface area contributed by atoms with Gasteiger partial charge in [0.25, 0.3) is 5.69 Å². The van der Waals surface area contributed by atoms with Gasteiger partial charge >= 0.3 is 5.97 Å². The van der Waals surface area contributed by atoms with Gasteiger partial charge in [0.05, 0.1) is 15.5 Å². The number of carbonyl (C=O) groups is 1. The van der Waals surface area contributed by atoms with Crippen molar-refractivity contribution in [1.82, 2.24) is 0 Å². The third-order valence-electron chi connectivity index (χ3n) is 3.71. The van der Waals surface area contributed by atoms with Gasteiger partial charge in [0, 0.05) is 12.1 Å². The van der Waals surface area contributed by atoms with Gasteiger partial charge in [-0.3, -0.25) is 10.1 Å². The number of nitrogens with zero attached hydrogens (tertiary/aromatic N) is 1. The number of fused-ring (bicyclic) bond motifs is 1. The van der Waals surface area contributed by atoms with Crippen LogP contribution in [0.2, 0.25) is 5.02 Å². The Kier molecular flexibility index (Phi) is 3.81. The van der Waals surface area contributed by atoms with Crippen LogP contribution in [0.25, 0.3) is 0 Å². The van der Waals surface area contributed by atoms with Crippen LogP contribution in [-0.2, 0) is 11.2 Å². The summed E-state index contributed by atoms with van der Waals surface area (Å²) in [6, 6.07) is 11.5. The van der Waals surface area contributed by atoms with Crippen molar-refractivity contribution in [3.05, 3.63) is 74.3 Å². The molecule has 0 saturated heterocycles. The number of halogens is 1. The Morgan fingerprint density at radius 1 is 1.27 bits per heavy atom. The van der Waals surface area contributed by atoms with E-state index in [9.17, 15) is 14.9 Å². The summed E-state index contributed by atoms with van der Waals surface area (Å²) in [4.78, 5) is 22.4. The van der Waals surface area contributed by atoms with Gasteiger partial charge in [-0.25, -0.2) is 4.79 Å². The lowest BCUT2D eigenvalue weighted by atomic mass is 10.1. The van der Waals surface area contributed by atoms with Gasteiger partial charge in [0.15, 0.2) is 0 Å². The van der Waals surface area contributed by atoms with Crippen LogP contribution in [0.5, 0.6) is 0 Å². The Balaban J connectivity index is 1.80. The van der Waals surface area contributed by atoms with Gasteiger partial charge in [-0.15, -0.1) is 0 Å². The van der Waals surface area contributed by atoms with E-state index in [-0.39, 0.29) is 22.4 Å². The molecular weight excluding hydrogens is 306 g/mol. The molecule has 0 radical (unpaired) electrons. The van der Waals surface area contributed by atoms with Crippen molar-refractivity contribution in [3.63, 3.8) is 0 Å². The lowest BCUT2D eigenvalue weighted by molar-refractivity contribution is -0.384. The number of nitro groups is 1. The van der Waals surface area contributed by atoms with E-state index in [2.05, 4.69) is 0 Å². The normalized spacial score (nSPS) is 16.1. The topological polar surface area (TPSA) is 69.4 Å². The highest BCUT2D eigenvalue weighted by Crippen LogP contribution is 2.35. The van der Waals surface area contributed by atoms with Gasteiger partial charge in [0.2, 0.25) is 0 Å². The first-order valence-corrected chi connectivity index (χ1v) is 7.17. The van der Waals surface area contributed by atoms with Gasteiger partial charge in [-0.2, -0.15) is 0 Å². The van der Waals surface area contributed by atoms with E-state index in [4.69, 9.17) is 16.3 Å². The average Bonchev–Trinajstić information content (AvgIpc) is 2.90. The molecule has 2 aromatic carbocycles. The van der Waals surface area contributed by atoms with Gasteiger partial charge in [0.1, 0.15) is 6.10 Å². The molecule has 6 heteroatoms. The molecule has 1 aliphatic rings. The van der Waals surface area contributed by atoms with Crippen molar-refractivity contribution < 1.29 is 14.5 Å². The summed E-state index contributed by atoms with van der Waals surface area (Å²) in [7, 11) is 0. The molecule has 0 bridgehead atoms. The maximum atomic E-state index is 12.2. The Labute approximate surface area is 131 Å². The predicted octanol–water partition coefficient (Wildman–Crippen LogP) is 4.09. The van der Waals surface area contributed by atoms with Crippen LogP contribution in [0.3, 0.4) is 0 Å². The van der Waals surface area contributed by atoms with Crippen LogP contribution in [-0.4, -0.2) is 10.9 Å². The molecule has 1 aliphatic carbocycles. The molecule has 0 heterocycles. The standard InChI is InChI=1S/C16H12ClNO4/c17-14-9-11(18(20)21)6-7-13(14)16(19)22-15-8-5-10-3-1-2-4-12(10)15/h1-4,6-7,9,15H,5,8H2/t15-/m0/s1. The highest BCUT2D eigenvalue weighted by molar-refractivity contribution is 6.33. The summed E-state index contributed by atoms with van der Waals surface area (Å²) < 4.78 is 5.51. The number of hydrogen-bond donors (Lipinski definition) is 0. The van der Waals surface area contributed by atoms with Crippen LogP contribution in [0.15, 0.2) is 42.5 Å². The summed E-state index contributed by atoms with van der Waals surface area (Å²) in [5.41, 5.74) is 2.16. The first kappa shape index (κ1) is 14.5. The minimum Gasteiger partial charge on any atom is -0.454 e. The fourth-order valence-corrected chi connectivity index (χ4v) is 2.87. The number of ether oxygens (including phenoxy) is 1. The lowest BCUT2D eigenvalue weighted by Crippen LogP contribution is -2.10. The number of carbonyl (C=O) groups excluding carboxylic acids is 1. The predicted molar refractivity (Wildman–Crippen MR) is 81.0 cm³/mol. The van der Waals surface area contributed by atoms with Gasteiger partial charge in [-0.05, 0) is 30.0 Å². The molecule has 0 aromatic heterocycles. The number of esters is 1. The van der Waals surface area contributed by atoms with Crippen molar-refractivity contribution in [1.29, 1.82) is 0 Å². The Morgan fingerprint density at radius 2 is 2.05 bits per heavy atom. The highest BCUT2D eigenvalue weighted by atomic mass is 35.5. The molecular formula is C16H12ClNO4. The van der Waals surface area contributed by atoms with Crippen molar-refractivity contribution in [3.8, 4) is 0 Å².